The summed E-state index contributed by atoms with van der Waals surface area (Å²) in [5, 5.41) is 14.2. The maximum absolute atomic E-state index is 12.7. The molecular formula is C12H12F2N6. The average Bonchev–Trinajstić information content (AvgIpc) is 3.06. The highest BCUT2D eigenvalue weighted by molar-refractivity contribution is 5.43. The highest BCUT2D eigenvalue weighted by atomic mass is 19.3. The first kappa shape index (κ1) is 12.5. The second-order valence-electron chi connectivity index (χ2n) is 4.20. The molecule has 3 heterocycles. The number of halogens is 2. The number of nitrogens with zero attached hydrogens (tertiary/aromatic N) is 5. The summed E-state index contributed by atoms with van der Waals surface area (Å²) in [6.07, 6.45) is 1.20. The van der Waals surface area contributed by atoms with Gasteiger partial charge in [0, 0.05) is 25.5 Å². The van der Waals surface area contributed by atoms with E-state index >= 15 is 0 Å². The van der Waals surface area contributed by atoms with E-state index in [9.17, 15) is 8.78 Å². The maximum Gasteiger partial charge on any atom is 0.299 e. The zero-order valence-electron chi connectivity index (χ0n) is 10.4. The monoisotopic (exact) mass is 278 g/mol. The van der Waals surface area contributed by atoms with Gasteiger partial charge < -0.3 is 9.88 Å². The van der Waals surface area contributed by atoms with Gasteiger partial charge in [0.2, 0.25) is 5.82 Å². The molecule has 0 aliphatic heterocycles. The minimum absolute atomic E-state index is 0.302. The molecule has 0 aliphatic carbocycles. The number of anilines is 1. The lowest BCUT2D eigenvalue weighted by Gasteiger charge is -2.07. The fourth-order valence-corrected chi connectivity index (χ4v) is 1.87. The van der Waals surface area contributed by atoms with Gasteiger partial charge in [-0.1, -0.05) is 0 Å². The molecule has 3 aromatic rings. The van der Waals surface area contributed by atoms with E-state index in [0.717, 1.165) is 11.1 Å². The Bertz CT molecular complexity index is 691. The molecule has 0 atom stereocenters. The van der Waals surface area contributed by atoms with Crippen molar-refractivity contribution in [2.45, 2.75) is 13.0 Å². The number of hydrogen-bond donors (Lipinski definition) is 1. The van der Waals surface area contributed by atoms with E-state index in [0.29, 0.717) is 18.0 Å². The van der Waals surface area contributed by atoms with E-state index < -0.39 is 12.2 Å². The van der Waals surface area contributed by atoms with Crippen molar-refractivity contribution in [1.29, 1.82) is 0 Å². The molecule has 0 spiro atoms. The Hall–Kier alpha value is -2.51. The molecule has 8 heteroatoms. The SMILES string of the molecule is FC(F)c1nnc2ccc(NCCn3cccc3)nn12. The third-order valence-electron chi connectivity index (χ3n) is 2.82. The Labute approximate surface area is 113 Å². The van der Waals surface area contributed by atoms with Crippen LogP contribution in [0.4, 0.5) is 14.6 Å². The van der Waals surface area contributed by atoms with Crippen molar-refractivity contribution in [3.63, 3.8) is 0 Å². The van der Waals surface area contributed by atoms with Crippen LogP contribution in [0.3, 0.4) is 0 Å². The van der Waals surface area contributed by atoms with Gasteiger partial charge in [0.15, 0.2) is 5.65 Å². The predicted molar refractivity (Wildman–Crippen MR) is 68.7 cm³/mol. The smallest absolute Gasteiger partial charge is 0.299 e. The summed E-state index contributed by atoms with van der Waals surface area (Å²) in [4.78, 5) is 0. The molecule has 3 rings (SSSR count). The van der Waals surface area contributed by atoms with Crippen molar-refractivity contribution in [1.82, 2.24) is 24.4 Å². The molecule has 104 valence electrons. The second kappa shape index (κ2) is 5.24. The molecule has 1 N–H and O–H groups in total. The number of alkyl halides is 2. The molecule has 0 unspecified atom stereocenters. The molecule has 0 bridgehead atoms. The molecular weight excluding hydrogens is 266 g/mol. The van der Waals surface area contributed by atoms with Crippen LogP contribution in [0.25, 0.3) is 5.65 Å². The fourth-order valence-electron chi connectivity index (χ4n) is 1.87. The van der Waals surface area contributed by atoms with Crippen LogP contribution in [0.2, 0.25) is 0 Å². The van der Waals surface area contributed by atoms with Crippen molar-refractivity contribution in [3.8, 4) is 0 Å². The van der Waals surface area contributed by atoms with Gasteiger partial charge in [-0.3, -0.25) is 0 Å². The molecule has 6 nitrogen and oxygen atoms in total. The van der Waals surface area contributed by atoms with Gasteiger partial charge in [-0.15, -0.1) is 15.3 Å². The van der Waals surface area contributed by atoms with E-state index in [2.05, 4.69) is 20.6 Å². The fraction of sp³-hybridized carbons (Fsp3) is 0.250. The average molecular weight is 278 g/mol. The Balaban J connectivity index is 1.73. The van der Waals surface area contributed by atoms with E-state index in [-0.39, 0.29) is 0 Å². The van der Waals surface area contributed by atoms with Gasteiger partial charge in [0.1, 0.15) is 5.82 Å². The molecule has 0 aliphatic rings. The summed E-state index contributed by atoms with van der Waals surface area (Å²) in [5.41, 5.74) is 0.302. The summed E-state index contributed by atoms with van der Waals surface area (Å²) < 4.78 is 28.5. The lowest BCUT2D eigenvalue weighted by atomic mass is 10.5. The number of fused-ring (bicyclic) bond motifs is 1. The molecule has 0 saturated carbocycles. The number of hydrogen-bond acceptors (Lipinski definition) is 4. The lowest BCUT2D eigenvalue weighted by molar-refractivity contribution is 0.137. The number of nitrogens with one attached hydrogen (secondary N) is 1. The predicted octanol–water partition coefficient (Wildman–Crippen LogP) is 1.98. The third kappa shape index (κ3) is 2.44. The van der Waals surface area contributed by atoms with Gasteiger partial charge in [0.25, 0.3) is 6.43 Å². The van der Waals surface area contributed by atoms with Gasteiger partial charge in [-0.05, 0) is 24.3 Å². The van der Waals surface area contributed by atoms with Crippen LogP contribution in [-0.2, 0) is 6.54 Å². The Morgan fingerprint density at radius 3 is 2.70 bits per heavy atom. The van der Waals surface area contributed by atoms with Crippen LogP contribution in [0.1, 0.15) is 12.2 Å². The van der Waals surface area contributed by atoms with Gasteiger partial charge in [-0.25, -0.2) is 8.78 Å². The highest BCUT2D eigenvalue weighted by Gasteiger charge is 2.16. The molecule has 0 fully saturated rings. The Kier molecular flexibility index (Phi) is 3.28. The van der Waals surface area contributed by atoms with Crippen LogP contribution < -0.4 is 5.32 Å². The summed E-state index contributed by atoms with van der Waals surface area (Å²) >= 11 is 0. The Morgan fingerprint density at radius 1 is 1.15 bits per heavy atom. The second-order valence-corrected chi connectivity index (χ2v) is 4.20. The minimum Gasteiger partial charge on any atom is -0.367 e. The zero-order chi connectivity index (χ0) is 13.9. The van der Waals surface area contributed by atoms with E-state index in [1.165, 1.54) is 0 Å². The molecule has 3 aromatic heterocycles. The quantitative estimate of drug-likeness (QED) is 0.775. The Morgan fingerprint density at radius 2 is 1.95 bits per heavy atom. The van der Waals surface area contributed by atoms with Crippen molar-refractivity contribution in [3.05, 3.63) is 42.5 Å². The summed E-state index contributed by atoms with van der Waals surface area (Å²) in [6.45, 7) is 1.40. The molecule has 0 saturated heterocycles. The first-order valence-corrected chi connectivity index (χ1v) is 6.09. The summed E-state index contributed by atoms with van der Waals surface area (Å²) in [5.74, 6) is 0.0559. The summed E-state index contributed by atoms with van der Waals surface area (Å²) in [7, 11) is 0. The van der Waals surface area contributed by atoms with Crippen LogP contribution in [-0.4, -0.2) is 30.9 Å². The van der Waals surface area contributed by atoms with Crippen LogP contribution in [0, 0.1) is 0 Å². The molecule has 0 radical (unpaired) electrons. The van der Waals surface area contributed by atoms with Gasteiger partial charge in [0.05, 0.1) is 0 Å². The zero-order valence-corrected chi connectivity index (χ0v) is 10.4. The first-order valence-electron chi connectivity index (χ1n) is 6.09. The third-order valence-corrected chi connectivity index (χ3v) is 2.82. The first-order chi connectivity index (χ1) is 9.74. The van der Waals surface area contributed by atoms with Crippen molar-refractivity contribution in [2.24, 2.45) is 0 Å². The van der Waals surface area contributed by atoms with E-state index in [4.69, 9.17) is 0 Å². The number of rotatable bonds is 5. The van der Waals surface area contributed by atoms with E-state index in [1.807, 2.05) is 29.1 Å². The highest BCUT2D eigenvalue weighted by Crippen LogP contribution is 2.17. The normalized spacial score (nSPS) is 11.3. The van der Waals surface area contributed by atoms with Crippen molar-refractivity contribution >= 4 is 11.5 Å². The molecule has 0 amide bonds. The largest absolute Gasteiger partial charge is 0.367 e. The topological polar surface area (TPSA) is 60.0 Å². The van der Waals surface area contributed by atoms with Crippen LogP contribution >= 0.6 is 0 Å². The van der Waals surface area contributed by atoms with Crippen molar-refractivity contribution < 1.29 is 8.78 Å². The minimum atomic E-state index is -2.70. The lowest BCUT2D eigenvalue weighted by Crippen LogP contribution is -2.11. The number of aromatic nitrogens is 5. The van der Waals surface area contributed by atoms with Crippen molar-refractivity contribution in [2.75, 3.05) is 11.9 Å². The van der Waals surface area contributed by atoms with Gasteiger partial charge >= 0.3 is 0 Å². The molecule has 0 aromatic carbocycles. The van der Waals surface area contributed by atoms with E-state index in [1.54, 1.807) is 12.1 Å². The standard InChI is InChI=1S/C12H12F2N6/c13-11(14)12-17-16-10-4-3-9(18-20(10)12)15-5-8-19-6-1-2-7-19/h1-4,6-7,11H,5,8H2,(H,15,18). The van der Waals surface area contributed by atoms with Crippen LogP contribution in [0.5, 0.6) is 0 Å². The maximum atomic E-state index is 12.7. The van der Waals surface area contributed by atoms with Crippen LogP contribution in [0.15, 0.2) is 36.7 Å². The van der Waals surface area contributed by atoms with Gasteiger partial charge in [-0.2, -0.15) is 4.52 Å². The molecule has 20 heavy (non-hydrogen) atoms. The summed E-state index contributed by atoms with van der Waals surface area (Å²) in [6, 6.07) is 7.17.